The summed E-state index contributed by atoms with van der Waals surface area (Å²) in [6.45, 7) is 0.820. The Bertz CT molecular complexity index is 635. The summed E-state index contributed by atoms with van der Waals surface area (Å²) in [4.78, 5) is 17.8. The number of hydrogen-bond donors (Lipinski definition) is 1. The third-order valence-electron chi connectivity index (χ3n) is 3.27. The van der Waals surface area contributed by atoms with E-state index in [-0.39, 0.29) is 12.5 Å². The number of rotatable bonds is 6. The molecule has 1 heterocycles. The molecule has 22 heavy (non-hydrogen) atoms. The molecule has 0 bridgehead atoms. The third-order valence-corrected chi connectivity index (χ3v) is 3.83. The van der Waals surface area contributed by atoms with Crippen LogP contribution >= 0.6 is 23.2 Å². The minimum Gasteiger partial charge on any atom is -0.375 e. The van der Waals surface area contributed by atoms with Gasteiger partial charge >= 0.3 is 0 Å². The summed E-state index contributed by atoms with van der Waals surface area (Å²) >= 11 is 12.0. The van der Waals surface area contributed by atoms with Crippen LogP contribution in [0.15, 0.2) is 42.7 Å². The molecule has 0 saturated carbocycles. The molecule has 0 aliphatic heterocycles. The van der Waals surface area contributed by atoms with Gasteiger partial charge in [0, 0.05) is 31.0 Å². The monoisotopic (exact) mass is 337 g/mol. The average Bonchev–Trinajstić information content (AvgIpc) is 2.54. The second kappa shape index (κ2) is 8.01. The number of anilines is 1. The number of aromatic nitrogens is 1. The van der Waals surface area contributed by atoms with Crippen LogP contribution in [0.4, 0.5) is 5.69 Å². The standard InChI is InChI=1S/C16H17Cl2N3O/c1-21(9-6-12-4-7-19-8-5-12)16(22)11-20-15-10-13(17)2-3-14(15)18/h2-5,7-8,10,20H,6,9,11H2,1H3. The molecule has 1 N–H and O–H groups in total. The first-order valence-corrected chi connectivity index (χ1v) is 7.63. The smallest absolute Gasteiger partial charge is 0.241 e. The summed E-state index contributed by atoms with van der Waals surface area (Å²) in [6, 6.07) is 9.00. The van der Waals surface area contributed by atoms with Crippen LogP contribution in [-0.2, 0) is 11.2 Å². The van der Waals surface area contributed by atoms with Gasteiger partial charge in [0.25, 0.3) is 0 Å². The number of carbonyl (C=O) groups is 1. The number of carbonyl (C=O) groups excluding carboxylic acids is 1. The lowest BCUT2D eigenvalue weighted by Crippen LogP contribution is -2.33. The van der Waals surface area contributed by atoms with E-state index >= 15 is 0 Å². The van der Waals surface area contributed by atoms with Crippen LogP contribution in [-0.4, -0.2) is 35.9 Å². The molecule has 6 heteroatoms. The van der Waals surface area contributed by atoms with Crippen LogP contribution in [0, 0.1) is 0 Å². The zero-order valence-electron chi connectivity index (χ0n) is 12.2. The lowest BCUT2D eigenvalue weighted by molar-refractivity contribution is -0.127. The van der Waals surface area contributed by atoms with Gasteiger partial charge in [-0.05, 0) is 42.3 Å². The minimum absolute atomic E-state index is 0.00917. The quantitative estimate of drug-likeness (QED) is 0.877. The first kappa shape index (κ1) is 16.6. The molecular formula is C16H17Cl2N3O. The van der Waals surface area contributed by atoms with Crippen molar-refractivity contribution in [1.82, 2.24) is 9.88 Å². The summed E-state index contributed by atoms with van der Waals surface area (Å²) in [5, 5.41) is 4.13. The van der Waals surface area contributed by atoms with Crippen molar-refractivity contribution in [3.8, 4) is 0 Å². The summed E-state index contributed by atoms with van der Waals surface area (Å²) < 4.78 is 0. The van der Waals surface area contributed by atoms with E-state index in [1.807, 2.05) is 12.1 Å². The maximum Gasteiger partial charge on any atom is 0.241 e. The van der Waals surface area contributed by atoms with Crippen molar-refractivity contribution in [2.75, 3.05) is 25.5 Å². The lowest BCUT2D eigenvalue weighted by atomic mass is 10.2. The molecule has 1 aromatic carbocycles. The Morgan fingerprint density at radius 2 is 1.95 bits per heavy atom. The fraction of sp³-hybridized carbons (Fsp3) is 0.250. The van der Waals surface area contributed by atoms with Crippen LogP contribution in [0.5, 0.6) is 0 Å². The summed E-state index contributed by atoms with van der Waals surface area (Å²) in [6.07, 6.45) is 4.29. The Hall–Kier alpha value is -1.78. The maximum absolute atomic E-state index is 12.1. The maximum atomic E-state index is 12.1. The molecule has 1 amide bonds. The van der Waals surface area contributed by atoms with E-state index < -0.39 is 0 Å². The van der Waals surface area contributed by atoms with Crippen molar-refractivity contribution in [3.63, 3.8) is 0 Å². The molecular weight excluding hydrogens is 321 g/mol. The number of nitrogens with one attached hydrogen (secondary N) is 1. The number of amides is 1. The Labute approximate surface area is 140 Å². The molecule has 0 radical (unpaired) electrons. The molecule has 2 aromatic rings. The van der Waals surface area contributed by atoms with Gasteiger partial charge in [0.05, 0.1) is 17.3 Å². The predicted octanol–water partition coefficient (Wildman–Crippen LogP) is 3.50. The Balaban J connectivity index is 1.82. The average molecular weight is 338 g/mol. The fourth-order valence-corrected chi connectivity index (χ4v) is 2.27. The van der Waals surface area contributed by atoms with E-state index in [4.69, 9.17) is 23.2 Å². The topological polar surface area (TPSA) is 45.2 Å². The second-order valence-corrected chi connectivity index (χ2v) is 5.74. The van der Waals surface area contributed by atoms with Crippen molar-refractivity contribution in [1.29, 1.82) is 0 Å². The summed E-state index contributed by atoms with van der Waals surface area (Å²) in [5.41, 5.74) is 1.81. The summed E-state index contributed by atoms with van der Waals surface area (Å²) in [7, 11) is 1.78. The van der Waals surface area contributed by atoms with Gasteiger partial charge in [0.2, 0.25) is 5.91 Å². The lowest BCUT2D eigenvalue weighted by Gasteiger charge is -2.18. The van der Waals surface area contributed by atoms with Crippen molar-refractivity contribution < 1.29 is 4.79 Å². The highest BCUT2D eigenvalue weighted by molar-refractivity contribution is 6.35. The number of likely N-dealkylation sites (N-methyl/N-ethyl adjacent to an activating group) is 1. The third kappa shape index (κ3) is 4.90. The van der Waals surface area contributed by atoms with Gasteiger partial charge in [0.1, 0.15) is 0 Å². The number of hydrogen-bond acceptors (Lipinski definition) is 3. The van der Waals surface area contributed by atoms with Crippen LogP contribution < -0.4 is 5.32 Å². The molecule has 0 unspecified atom stereocenters. The Morgan fingerprint density at radius 1 is 1.23 bits per heavy atom. The van der Waals surface area contributed by atoms with Crippen LogP contribution in [0.25, 0.3) is 0 Å². The molecule has 2 rings (SSSR count). The highest BCUT2D eigenvalue weighted by atomic mass is 35.5. The zero-order valence-corrected chi connectivity index (χ0v) is 13.7. The van der Waals surface area contributed by atoms with Gasteiger partial charge in [-0.15, -0.1) is 0 Å². The zero-order chi connectivity index (χ0) is 15.9. The summed E-state index contributed by atoms with van der Waals surface area (Å²) in [5.74, 6) is -0.00917. The number of nitrogens with zero attached hydrogens (tertiary/aromatic N) is 2. The first-order chi connectivity index (χ1) is 10.6. The highest BCUT2D eigenvalue weighted by Crippen LogP contribution is 2.25. The Kier molecular flexibility index (Phi) is 6.04. The van der Waals surface area contributed by atoms with Gasteiger partial charge in [-0.25, -0.2) is 0 Å². The molecule has 0 fully saturated rings. The van der Waals surface area contributed by atoms with Crippen molar-refractivity contribution in [2.24, 2.45) is 0 Å². The molecule has 0 atom stereocenters. The SMILES string of the molecule is CN(CCc1ccncc1)C(=O)CNc1cc(Cl)ccc1Cl. The minimum atomic E-state index is -0.00917. The van der Waals surface area contributed by atoms with Crippen molar-refractivity contribution >= 4 is 34.8 Å². The van der Waals surface area contributed by atoms with E-state index in [1.165, 1.54) is 0 Å². The van der Waals surface area contributed by atoms with Gasteiger partial charge in [0.15, 0.2) is 0 Å². The van der Waals surface area contributed by atoms with E-state index in [1.54, 1.807) is 42.5 Å². The molecule has 0 spiro atoms. The van der Waals surface area contributed by atoms with E-state index in [0.717, 1.165) is 12.0 Å². The molecule has 116 valence electrons. The first-order valence-electron chi connectivity index (χ1n) is 6.88. The van der Waals surface area contributed by atoms with Crippen molar-refractivity contribution in [2.45, 2.75) is 6.42 Å². The number of benzene rings is 1. The second-order valence-electron chi connectivity index (χ2n) is 4.90. The van der Waals surface area contributed by atoms with Gasteiger partial charge in [-0.3, -0.25) is 9.78 Å². The molecule has 4 nitrogen and oxygen atoms in total. The predicted molar refractivity (Wildman–Crippen MR) is 90.5 cm³/mol. The van der Waals surface area contributed by atoms with Gasteiger partial charge in [-0.2, -0.15) is 0 Å². The van der Waals surface area contributed by atoms with Crippen LogP contribution in [0.2, 0.25) is 10.0 Å². The van der Waals surface area contributed by atoms with E-state index in [0.29, 0.717) is 22.3 Å². The Morgan fingerprint density at radius 3 is 2.68 bits per heavy atom. The fourth-order valence-electron chi connectivity index (χ4n) is 1.91. The molecule has 0 aliphatic carbocycles. The largest absolute Gasteiger partial charge is 0.375 e. The van der Waals surface area contributed by atoms with Crippen LogP contribution in [0.3, 0.4) is 0 Å². The van der Waals surface area contributed by atoms with Gasteiger partial charge in [-0.1, -0.05) is 23.2 Å². The van der Waals surface area contributed by atoms with Crippen molar-refractivity contribution in [3.05, 3.63) is 58.3 Å². The molecule has 1 aromatic heterocycles. The number of pyridine rings is 1. The van der Waals surface area contributed by atoms with Crippen LogP contribution in [0.1, 0.15) is 5.56 Å². The highest BCUT2D eigenvalue weighted by Gasteiger charge is 2.09. The normalized spacial score (nSPS) is 10.3. The molecule has 0 aliphatic rings. The van der Waals surface area contributed by atoms with E-state index in [2.05, 4.69) is 10.3 Å². The number of halogens is 2. The van der Waals surface area contributed by atoms with Gasteiger partial charge < -0.3 is 10.2 Å². The van der Waals surface area contributed by atoms with E-state index in [9.17, 15) is 4.79 Å². The molecule has 0 saturated heterocycles.